The normalized spacial score (nSPS) is 18.2. The van der Waals surface area contributed by atoms with Gasteiger partial charge in [-0.2, -0.15) is 0 Å². The van der Waals surface area contributed by atoms with Crippen LogP contribution in [0.1, 0.15) is 17.0 Å². The monoisotopic (exact) mass is 411 g/mol. The first kappa shape index (κ1) is 20.2. The van der Waals surface area contributed by atoms with Crippen LogP contribution >= 0.6 is 11.3 Å². The average molecular weight is 412 g/mol. The van der Waals surface area contributed by atoms with Crippen molar-refractivity contribution in [1.82, 2.24) is 14.8 Å². The first-order valence-corrected chi connectivity index (χ1v) is 10.9. The molecule has 0 radical (unpaired) electrons. The largest absolute Gasteiger partial charge is 0.396 e. The summed E-state index contributed by atoms with van der Waals surface area (Å²) in [5.41, 5.74) is 2.88. The van der Waals surface area contributed by atoms with Gasteiger partial charge in [0.2, 0.25) is 0 Å². The summed E-state index contributed by atoms with van der Waals surface area (Å²) in [6, 6.07) is 17.4. The van der Waals surface area contributed by atoms with Gasteiger partial charge in [0.05, 0.1) is 12.2 Å². The number of rotatable bonds is 7. The zero-order valence-electron chi connectivity index (χ0n) is 16.4. The summed E-state index contributed by atoms with van der Waals surface area (Å²) in [7, 11) is 0. The number of hydrogen-bond donors (Lipinski definition) is 1. The molecule has 0 saturated carbocycles. The van der Waals surface area contributed by atoms with Gasteiger partial charge in [0.1, 0.15) is 10.8 Å². The Balaban J connectivity index is 1.40. The maximum atomic E-state index is 14.1. The molecule has 2 heterocycles. The van der Waals surface area contributed by atoms with E-state index in [9.17, 15) is 9.50 Å². The highest BCUT2D eigenvalue weighted by atomic mass is 32.1. The van der Waals surface area contributed by atoms with Gasteiger partial charge in [-0.15, -0.1) is 11.3 Å². The number of halogens is 1. The first-order valence-electron chi connectivity index (χ1n) is 10.0. The molecule has 1 aliphatic rings. The number of thiazole rings is 1. The fourth-order valence-electron chi connectivity index (χ4n) is 3.89. The number of aliphatic hydroxyl groups excluding tert-OH is 1. The summed E-state index contributed by atoms with van der Waals surface area (Å²) in [6.45, 7) is 4.16. The van der Waals surface area contributed by atoms with Crippen LogP contribution in [0.3, 0.4) is 0 Å². The van der Waals surface area contributed by atoms with Crippen molar-refractivity contribution in [2.75, 3.05) is 26.2 Å². The minimum absolute atomic E-state index is 0.141. The van der Waals surface area contributed by atoms with Crippen LogP contribution in [0.5, 0.6) is 0 Å². The van der Waals surface area contributed by atoms with Gasteiger partial charge in [-0.1, -0.05) is 48.5 Å². The van der Waals surface area contributed by atoms with E-state index in [1.165, 1.54) is 6.07 Å². The van der Waals surface area contributed by atoms with Gasteiger partial charge >= 0.3 is 0 Å². The zero-order chi connectivity index (χ0) is 20.1. The lowest BCUT2D eigenvalue weighted by Gasteiger charge is -2.41. The van der Waals surface area contributed by atoms with Gasteiger partial charge in [-0.25, -0.2) is 9.37 Å². The molecular formula is C23H26FN3OS. The second-order valence-corrected chi connectivity index (χ2v) is 8.40. The number of piperazine rings is 1. The fourth-order valence-corrected chi connectivity index (χ4v) is 4.74. The van der Waals surface area contributed by atoms with Crippen LogP contribution in [0.4, 0.5) is 4.39 Å². The van der Waals surface area contributed by atoms with Gasteiger partial charge in [0.15, 0.2) is 0 Å². The summed E-state index contributed by atoms with van der Waals surface area (Å²) in [5.74, 6) is -0.158. The minimum Gasteiger partial charge on any atom is -0.396 e. The molecule has 152 valence electrons. The predicted octanol–water partition coefficient (Wildman–Crippen LogP) is 4.02. The number of aliphatic hydroxyl groups is 1. The lowest BCUT2D eigenvalue weighted by molar-refractivity contribution is 0.0493. The smallest absolute Gasteiger partial charge is 0.127 e. The number of nitrogens with zero attached hydrogens (tertiary/aromatic N) is 3. The van der Waals surface area contributed by atoms with E-state index in [2.05, 4.69) is 27.3 Å². The predicted molar refractivity (Wildman–Crippen MR) is 115 cm³/mol. The van der Waals surface area contributed by atoms with Crippen LogP contribution in [0.2, 0.25) is 0 Å². The quantitative estimate of drug-likeness (QED) is 0.638. The van der Waals surface area contributed by atoms with Gasteiger partial charge in [-0.05, 0) is 12.5 Å². The average Bonchev–Trinajstić information content (AvgIpc) is 3.21. The van der Waals surface area contributed by atoms with Crippen molar-refractivity contribution in [3.05, 3.63) is 76.4 Å². The van der Waals surface area contributed by atoms with Crippen LogP contribution < -0.4 is 0 Å². The van der Waals surface area contributed by atoms with E-state index >= 15 is 0 Å². The van der Waals surface area contributed by atoms with Crippen LogP contribution in [-0.2, 0) is 13.1 Å². The summed E-state index contributed by atoms with van der Waals surface area (Å²) >= 11 is 1.69. The maximum Gasteiger partial charge on any atom is 0.127 e. The van der Waals surface area contributed by atoms with E-state index in [4.69, 9.17) is 4.98 Å². The van der Waals surface area contributed by atoms with Crippen LogP contribution in [0.15, 0.2) is 60.0 Å². The minimum atomic E-state index is -0.158. The molecule has 2 aromatic carbocycles. The van der Waals surface area contributed by atoms with Crippen LogP contribution in [0, 0.1) is 5.82 Å². The van der Waals surface area contributed by atoms with Gasteiger partial charge in [-0.3, -0.25) is 9.80 Å². The van der Waals surface area contributed by atoms with Crippen molar-refractivity contribution in [2.45, 2.75) is 25.6 Å². The third-order valence-corrected chi connectivity index (χ3v) is 6.30. The first-order chi connectivity index (χ1) is 14.2. The van der Waals surface area contributed by atoms with Crippen molar-refractivity contribution in [1.29, 1.82) is 0 Å². The Morgan fingerprint density at radius 1 is 1.03 bits per heavy atom. The molecule has 0 unspecified atom stereocenters. The fraction of sp³-hybridized carbons (Fsp3) is 0.348. The molecule has 1 fully saturated rings. The molecule has 1 saturated heterocycles. The van der Waals surface area contributed by atoms with Crippen LogP contribution in [-0.4, -0.2) is 52.2 Å². The molecule has 0 bridgehead atoms. The Morgan fingerprint density at radius 3 is 2.62 bits per heavy atom. The van der Waals surface area contributed by atoms with E-state index in [-0.39, 0.29) is 18.5 Å². The van der Waals surface area contributed by atoms with E-state index in [1.807, 2.05) is 30.3 Å². The second-order valence-electron chi connectivity index (χ2n) is 7.46. The Hall–Kier alpha value is -2.12. The Kier molecular flexibility index (Phi) is 6.67. The van der Waals surface area contributed by atoms with Crippen molar-refractivity contribution < 1.29 is 9.50 Å². The van der Waals surface area contributed by atoms with Gasteiger partial charge in [0.25, 0.3) is 0 Å². The van der Waals surface area contributed by atoms with E-state index in [0.29, 0.717) is 13.0 Å². The molecule has 1 aromatic heterocycles. The molecule has 0 aliphatic carbocycles. The maximum absolute atomic E-state index is 14.1. The van der Waals surface area contributed by atoms with E-state index < -0.39 is 0 Å². The van der Waals surface area contributed by atoms with Crippen molar-refractivity contribution in [2.24, 2.45) is 0 Å². The Bertz CT molecular complexity index is 917. The lowest BCUT2D eigenvalue weighted by Crippen LogP contribution is -2.52. The molecule has 3 aromatic rings. The third kappa shape index (κ3) is 5.08. The Morgan fingerprint density at radius 2 is 1.83 bits per heavy atom. The van der Waals surface area contributed by atoms with E-state index in [1.54, 1.807) is 17.4 Å². The number of aromatic nitrogens is 1. The van der Waals surface area contributed by atoms with Crippen molar-refractivity contribution in [3.63, 3.8) is 0 Å². The summed E-state index contributed by atoms with van der Waals surface area (Å²) < 4.78 is 14.1. The lowest BCUT2D eigenvalue weighted by atomic mass is 10.1. The molecule has 0 spiro atoms. The van der Waals surface area contributed by atoms with Crippen molar-refractivity contribution >= 4 is 11.3 Å². The summed E-state index contributed by atoms with van der Waals surface area (Å²) in [6.07, 6.45) is 0.693. The SMILES string of the molecule is OCC[C@@H]1CN(Cc2nc(-c3ccccc3)cs2)CCN1Cc1ccccc1F. The summed E-state index contributed by atoms with van der Waals surface area (Å²) in [5, 5.41) is 12.8. The highest BCUT2D eigenvalue weighted by Crippen LogP contribution is 2.24. The topological polar surface area (TPSA) is 39.6 Å². The second kappa shape index (κ2) is 9.59. The highest BCUT2D eigenvalue weighted by molar-refractivity contribution is 7.09. The molecule has 4 rings (SSSR count). The molecule has 29 heavy (non-hydrogen) atoms. The molecule has 6 heteroatoms. The van der Waals surface area contributed by atoms with E-state index in [0.717, 1.165) is 48.0 Å². The number of hydrogen-bond acceptors (Lipinski definition) is 5. The van der Waals surface area contributed by atoms with Crippen LogP contribution in [0.25, 0.3) is 11.3 Å². The molecule has 0 amide bonds. The summed E-state index contributed by atoms with van der Waals surface area (Å²) in [4.78, 5) is 9.50. The molecule has 4 nitrogen and oxygen atoms in total. The molecule has 1 aliphatic heterocycles. The van der Waals surface area contributed by atoms with Gasteiger partial charge in [0, 0.05) is 55.3 Å². The van der Waals surface area contributed by atoms with Gasteiger partial charge < -0.3 is 5.11 Å². The molecular weight excluding hydrogens is 385 g/mol. The standard InChI is InChI=1S/C23H26FN3OS/c24-21-9-5-4-8-19(21)14-27-12-11-26(15-20(27)10-13-28)16-23-25-22(17-29-23)18-6-2-1-3-7-18/h1-9,17,20,28H,10-16H2/t20-/m1/s1. The zero-order valence-corrected chi connectivity index (χ0v) is 17.2. The molecule has 1 atom stereocenters. The third-order valence-electron chi connectivity index (χ3n) is 5.46. The molecule has 1 N–H and O–H groups in total. The Labute approximate surface area is 175 Å². The highest BCUT2D eigenvalue weighted by Gasteiger charge is 2.27. The van der Waals surface area contributed by atoms with Crippen molar-refractivity contribution in [3.8, 4) is 11.3 Å². The number of benzene rings is 2.